The maximum Gasteiger partial charge on any atom is 0.272 e. The Bertz CT molecular complexity index is 1190. The Hall–Kier alpha value is -3.42. The number of aliphatic hydroxyl groups excluding tert-OH is 2. The molecule has 1 saturated carbocycles. The highest BCUT2D eigenvalue weighted by Gasteiger charge is 2.33. The van der Waals surface area contributed by atoms with Gasteiger partial charge in [-0.2, -0.15) is 0 Å². The normalized spacial score (nSPS) is 16.5. The molecule has 3 aromatic rings. The van der Waals surface area contributed by atoms with Gasteiger partial charge in [0.1, 0.15) is 18.4 Å². The molecule has 0 radical (unpaired) electrons. The van der Waals surface area contributed by atoms with Crippen LogP contribution in [0.4, 0.5) is 0 Å². The SMILES string of the molecule is COc1cc(C2CN(C(=O)c3cc(C(O)CO)ccn3)C2)ccc1OCc1ccc(C2CC2)cc1. The van der Waals surface area contributed by atoms with E-state index in [0.717, 1.165) is 17.0 Å². The predicted molar refractivity (Wildman–Crippen MR) is 131 cm³/mol. The summed E-state index contributed by atoms with van der Waals surface area (Å²) in [7, 11) is 1.63. The fourth-order valence-electron chi connectivity index (χ4n) is 4.41. The number of ether oxygens (including phenoxy) is 2. The average Bonchev–Trinajstić information content (AvgIpc) is 3.72. The van der Waals surface area contributed by atoms with Crippen LogP contribution in [0.1, 0.15) is 63.5 Å². The maximum atomic E-state index is 12.8. The number of aromatic nitrogens is 1. The molecule has 1 amide bonds. The molecular weight excluding hydrogens is 444 g/mol. The molecule has 1 aliphatic carbocycles. The van der Waals surface area contributed by atoms with E-state index in [4.69, 9.17) is 14.6 Å². The molecule has 0 bridgehead atoms. The lowest BCUT2D eigenvalue weighted by Crippen LogP contribution is -2.48. The lowest BCUT2D eigenvalue weighted by molar-refractivity contribution is 0.0594. The van der Waals surface area contributed by atoms with Crippen molar-refractivity contribution in [1.29, 1.82) is 0 Å². The number of methoxy groups -OCH3 is 1. The molecule has 1 unspecified atom stereocenters. The number of hydrogen-bond donors (Lipinski definition) is 2. The van der Waals surface area contributed by atoms with Gasteiger partial charge in [-0.05, 0) is 65.3 Å². The Labute approximate surface area is 205 Å². The molecule has 1 atom stereocenters. The van der Waals surface area contributed by atoms with E-state index in [-0.39, 0.29) is 17.5 Å². The van der Waals surface area contributed by atoms with E-state index in [9.17, 15) is 9.90 Å². The number of carbonyl (C=O) groups is 1. The van der Waals surface area contributed by atoms with Gasteiger partial charge in [0.25, 0.3) is 5.91 Å². The summed E-state index contributed by atoms with van der Waals surface area (Å²) in [5.74, 6) is 2.12. The quantitative estimate of drug-likeness (QED) is 0.490. The van der Waals surface area contributed by atoms with Crippen LogP contribution in [-0.2, 0) is 6.61 Å². The molecule has 1 saturated heterocycles. The van der Waals surface area contributed by atoms with E-state index in [2.05, 4.69) is 29.2 Å². The zero-order chi connectivity index (χ0) is 24.4. The summed E-state index contributed by atoms with van der Waals surface area (Å²) in [4.78, 5) is 18.7. The molecule has 2 aliphatic rings. The molecule has 1 aliphatic heterocycles. The Morgan fingerprint density at radius 3 is 2.46 bits per heavy atom. The molecule has 7 nitrogen and oxygen atoms in total. The second-order valence-corrected chi connectivity index (χ2v) is 9.29. The summed E-state index contributed by atoms with van der Waals surface area (Å²) in [6.45, 7) is 1.22. The van der Waals surface area contributed by atoms with Gasteiger partial charge in [0.05, 0.1) is 13.7 Å². The van der Waals surface area contributed by atoms with Crippen molar-refractivity contribution in [2.24, 2.45) is 0 Å². The van der Waals surface area contributed by atoms with Crippen LogP contribution < -0.4 is 9.47 Å². The first kappa shape index (κ1) is 23.3. The number of benzene rings is 2. The van der Waals surface area contributed by atoms with Crippen molar-refractivity contribution in [3.63, 3.8) is 0 Å². The molecule has 1 aromatic heterocycles. The van der Waals surface area contributed by atoms with Gasteiger partial charge < -0.3 is 24.6 Å². The molecule has 2 heterocycles. The van der Waals surface area contributed by atoms with E-state index >= 15 is 0 Å². The zero-order valence-corrected chi connectivity index (χ0v) is 19.8. The molecule has 35 heavy (non-hydrogen) atoms. The third kappa shape index (κ3) is 5.16. The lowest BCUT2D eigenvalue weighted by Gasteiger charge is -2.39. The number of rotatable bonds is 9. The molecule has 5 rings (SSSR count). The third-order valence-electron chi connectivity index (χ3n) is 6.81. The van der Waals surface area contributed by atoms with E-state index in [1.54, 1.807) is 18.1 Å². The van der Waals surface area contributed by atoms with Gasteiger partial charge in [0.2, 0.25) is 0 Å². The zero-order valence-electron chi connectivity index (χ0n) is 19.8. The first-order chi connectivity index (χ1) is 17.1. The highest BCUT2D eigenvalue weighted by atomic mass is 16.5. The lowest BCUT2D eigenvalue weighted by atomic mass is 9.90. The maximum absolute atomic E-state index is 12.8. The van der Waals surface area contributed by atoms with Gasteiger partial charge in [-0.1, -0.05) is 30.3 Å². The summed E-state index contributed by atoms with van der Waals surface area (Å²) >= 11 is 0. The highest BCUT2D eigenvalue weighted by molar-refractivity contribution is 5.93. The Morgan fingerprint density at radius 1 is 1.03 bits per heavy atom. The molecule has 2 fully saturated rings. The number of hydrogen-bond acceptors (Lipinski definition) is 6. The first-order valence-electron chi connectivity index (χ1n) is 12.0. The van der Waals surface area contributed by atoms with Crippen LogP contribution in [0.3, 0.4) is 0 Å². The van der Waals surface area contributed by atoms with Gasteiger partial charge in [0, 0.05) is 25.2 Å². The summed E-state index contributed by atoms with van der Waals surface area (Å²) in [5, 5.41) is 19.0. The average molecular weight is 475 g/mol. The van der Waals surface area contributed by atoms with Gasteiger partial charge in [-0.15, -0.1) is 0 Å². The van der Waals surface area contributed by atoms with Crippen molar-refractivity contribution >= 4 is 5.91 Å². The molecule has 2 N–H and O–H groups in total. The highest BCUT2D eigenvalue weighted by Crippen LogP contribution is 2.40. The minimum absolute atomic E-state index is 0.187. The molecule has 0 spiro atoms. The van der Waals surface area contributed by atoms with Crippen molar-refractivity contribution in [1.82, 2.24) is 9.88 Å². The van der Waals surface area contributed by atoms with Gasteiger partial charge in [0.15, 0.2) is 11.5 Å². The van der Waals surface area contributed by atoms with Crippen molar-refractivity contribution in [2.45, 2.75) is 37.4 Å². The van der Waals surface area contributed by atoms with Crippen LogP contribution in [0, 0.1) is 0 Å². The van der Waals surface area contributed by atoms with E-state index in [0.29, 0.717) is 36.8 Å². The monoisotopic (exact) mass is 474 g/mol. The van der Waals surface area contributed by atoms with Crippen LogP contribution in [-0.4, -0.2) is 52.8 Å². The van der Waals surface area contributed by atoms with Crippen molar-refractivity contribution in [3.05, 3.63) is 88.7 Å². The van der Waals surface area contributed by atoms with E-state index < -0.39 is 12.7 Å². The van der Waals surface area contributed by atoms with Crippen molar-refractivity contribution < 1.29 is 24.5 Å². The van der Waals surface area contributed by atoms with Gasteiger partial charge in [-0.25, -0.2) is 0 Å². The van der Waals surface area contributed by atoms with E-state index in [1.165, 1.54) is 30.7 Å². The van der Waals surface area contributed by atoms with Crippen molar-refractivity contribution in [3.8, 4) is 11.5 Å². The number of pyridine rings is 1. The standard InChI is InChI=1S/C28H30N2O5/c1-34-27-13-21(8-9-26(27)35-17-18-2-4-19(5-3-18)20-6-7-20)23-14-30(15-23)28(33)24-12-22(10-11-29-24)25(32)16-31/h2-5,8-13,20,23,25,31-32H,6-7,14-17H2,1H3. The van der Waals surface area contributed by atoms with Crippen LogP contribution in [0.15, 0.2) is 60.8 Å². The van der Waals surface area contributed by atoms with Crippen LogP contribution in [0.2, 0.25) is 0 Å². The predicted octanol–water partition coefficient (Wildman–Crippen LogP) is 3.81. The fraction of sp³-hybridized carbons (Fsp3) is 0.357. The Morgan fingerprint density at radius 2 is 1.77 bits per heavy atom. The summed E-state index contributed by atoms with van der Waals surface area (Å²) in [6.07, 6.45) is 3.05. The molecule has 2 aromatic carbocycles. The minimum atomic E-state index is -1.02. The third-order valence-corrected chi connectivity index (χ3v) is 6.81. The van der Waals surface area contributed by atoms with Gasteiger partial charge >= 0.3 is 0 Å². The molecule has 182 valence electrons. The number of likely N-dealkylation sites (tertiary alicyclic amines) is 1. The number of amides is 1. The number of carbonyl (C=O) groups excluding carboxylic acids is 1. The van der Waals surface area contributed by atoms with Gasteiger partial charge in [-0.3, -0.25) is 9.78 Å². The Balaban J connectivity index is 1.18. The van der Waals surface area contributed by atoms with Crippen LogP contribution in [0.25, 0.3) is 0 Å². The molecule has 7 heteroatoms. The summed E-state index contributed by atoms with van der Waals surface area (Å²) in [6, 6.07) is 17.7. The fourth-order valence-corrected chi connectivity index (χ4v) is 4.41. The van der Waals surface area contributed by atoms with Crippen LogP contribution in [0.5, 0.6) is 11.5 Å². The second-order valence-electron chi connectivity index (χ2n) is 9.29. The topological polar surface area (TPSA) is 92.1 Å². The van der Waals surface area contributed by atoms with E-state index in [1.807, 2.05) is 18.2 Å². The minimum Gasteiger partial charge on any atom is -0.493 e. The van der Waals surface area contributed by atoms with Crippen molar-refractivity contribution in [2.75, 3.05) is 26.8 Å². The number of nitrogens with zero attached hydrogens (tertiary/aromatic N) is 2. The second kappa shape index (κ2) is 10.1. The first-order valence-corrected chi connectivity index (χ1v) is 12.0. The van der Waals surface area contributed by atoms with Crippen LogP contribution >= 0.6 is 0 Å². The number of aliphatic hydroxyl groups is 2. The molecular formula is C28H30N2O5. The largest absolute Gasteiger partial charge is 0.493 e. The summed E-state index contributed by atoms with van der Waals surface area (Å²) < 4.78 is 11.6. The smallest absolute Gasteiger partial charge is 0.272 e. The Kier molecular flexibility index (Phi) is 6.70. The summed E-state index contributed by atoms with van der Waals surface area (Å²) in [5.41, 5.74) is 4.36.